The average molecular weight is 417 g/mol. The molecule has 138 valence electrons. The Morgan fingerprint density at radius 3 is 1.93 bits per heavy atom. The third-order valence-electron chi connectivity index (χ3n) is 2.92. The Bertz CT molecular complexity index is 820. The molecule has 0 aliphatic rings. The van der Waals surface area contributed by atoms with Crippen LogP contribution < -0.4 is 10.6 Å². The normalized spacial score (nSPS) is 10.4. The van der Waals surface area contributed by atoms with E-state index >= 15 is 0 Å². The number of hydrogen-bond acceptors (Lipinski definition) is 9. The first kappa shape index (κ1) is 19.4. The Morgan fingerprint density at radius 1 is 0.926 bits per heavy atom. The van der Waals surface area contributed by atoms with E-state index in [1.54, 1.807) is 36.9 Å². The van der Waals surface area contributed by atoms with Gasteiger partial charge in [0.05, 0.1) is 0 Å². The summed E-state index contributed by atoms with van der Waals surface area (Å²) in [7, 11) is 0. The molecule has 0 unspecified atom stereocenters. The van der Waals surface area contributed by atoms with Crippen molar-refractivity contribution < 1.29 is 0 Å². The fourth-order valence-electron chi connectivity index (χ4n) is 1.81. The van der Waals surface area contributed by atoms with Gasteiger partial charge in [-0.15, -0.1) is 0 Å². The number of rotatable bonds is 7. The lowest BCUT2D eigenvalue weighted by molar-refractivity contribution is 0.844. The van der Waals surface area contributed by atoms with E-state index in [1.165, 1.54) is 23.5 Å². The standard InChI is InChI=1S/C16H16N8S3/c1-2-5-17-14(25)24-13-22-11(26-15-18-6-3-7-19-15)10-12(23-13)27-16-20-8-4-9-21-16/h3-4,6-10H,2,5H2,1H3,(H2,17,22,23,24,25). The third-order valence-corrected chi connectivity index (χ3v) is 4.79. The topological polar surface area (TPSA) is 101 Å². The van der Waals surface area contributed by atoms with Crippen molar-refractivity contribution in [1.29, 1.82) is 0 Å². The molecule has 0 spiro atoms. The van der Waals surface area contributed by atoms with E-state index in [4.69, 9.17) is 12.2 Å². The summed E-state index contributed by atoms with van der Waals surface area (Å²) in [6.07, 6.45) is 7.72. The molecule has 0 aliphatic carbocycles. The van der Waals surface area contributed by atoms with Gasteiger partial charge in [0, 0.05) is 37.4 Å². The van der Waals surface area contributed by atoms with Crippen molar-refractivity contribution in [3.8, 4) is 0 Å². The zero-order valence-electron chi connectivity index (χ0n) is 14.4. The highest BCUT2D eigenvalue weighted by molar-refractivity contribution is 7.99. The molecule has 3 aromatic rings. The Balaban J connectivity index is 1.83. The van der Waals surface area contributed by atoms with E-state index in [-0.39, 0.29) is 0 Å². The zero-order valence-corrected chi connectivity index (χ0v) is 16.8. The first-order valence-corrected chi connectivity index (χ1v) is 10.1. The SMILES string of the molecule is CCCNC(=S)Nc1nc(Sc2ncccn2)cc(Sc2ncccn2)n1. The maximum Gasteiger partial charge on any atom is 0.231 e. The van der Waals surface area contributed by atoms with E-state index in [0.29, 0.717) is 31.4 Å². The van der Waals surface area contributed by atoms with Gasteiger partial charge in [0.15, 0.2) is 15.4 Å². The van der Waals surface area contributed by atoms with Crippen LogP contribution in [0, 0.1) is 0 Å². The van der Waals surface area contributed by atoms with Crippen molar-refractivity contribution in [3.05, 3.63) is 43.0 Å². The molecule has 0 saturated carbocycles. The second kappa shape index (κ2) is 10.1. The van der Waals surface area contributed by atoms with Gasteiger partial charge in [-0.2, -0.15) is 0 Å². The molecule has 0 fully saturated rings. The quantitative estimate of drug-likeness (QED) is 0.337. The zero-order chi connectivity index (χ0) is 18.9. The van der Waals surface area contributed by atoms with Crippen molar-refractivity contribution in [2.75, 3.05) is 11.9 Å². The molecular formula is C16H16N8S3. The number of nitrogens with one attached hydrogen (secondary N) is 2. The van der Waals surface area contributed by atoms with Gasteiger partial charge in [-0.05, 0) is 54.3 Å². The van der Waals surface area contributed by atoms with Crippen molar-refractivity contribution in [3.63, 3.8) is 0 Å². The van der Waals surface area contributed by atoms with Gasteiger partial charge in [-0.1, -0.05) is 6.92 Å². The van der Waals surface area contributed by atoms with Crippen LogP contribution in [0.5, 0.6) is 0 Å². The third kappa shape index (κ3) is 6.38. The van der Waals surface area contributed by atoms with Crippen LogP contribution in [-0.2, 0) is 0 Å². The molecule has 3 heterocycles. The Labute approximate surface area is 170 Å². The van der Waals surface area contributed by atoms with E-state index in [1.807, 2.05) is 6.07 Å². The molecule has 0 saturated heterocycles. The minimum absolute atomic E-state index is 0.392. The summed E-state index contributed by atoms with van der Waals surface area (Å²) in [5, 5.41) is 9.17. The molecule has 2 N–H and O–H groups in total. The summed E-state index contributed by atoms with van der Waals surface area (Å²) in [4.78, 5) is 25.9. The van der Waals surface area contributed by atoms with Crippen LogP contribution in [0.3, 0.4) is 0 Å². The molecule has 11 heteroatoms. The first-order valence-electron chi connectivity index (χ1n) is 8.06. The maximum atomic E-state index is 5.28. The summed E-state index contributed by atoms with van der Waals surface area (Å²) >= 11 is 7.96. The second-order valence-electron chi connectivity index (χ2n) is 5.02. The van der Waals surface area contributed by atoms with Crippen molar-refractivity contribution in [1.82, 2.24) is 35.2 Å². The van der Waals surface area contributed by atoms with Crippen molar-refractivity contribution in [2.24, 2.45) is 0 Å². The van der Waals surface area contributed by atoms with E-state index in [9.17, 15) is 0 Å². The van der Waals surface area contributed by atoms with Gasteiger partial charge in [-0.3, -0.25) is 0 Å². The minimum atomic E-state index is 0.392. The summed E-state index contributed by atoms with van der Waals surface area (Å²) in [6, 6.07) is 5.38. The van der Waals surface area contributed by atoms with Gasteiger partial charge < -0.3 is 10.6 Å². The Kier molecular flexibility index (Phi) is 7.25. The molecular weight excluding hydrogens is 400 g/mol. The highest BCUT2D eigenvalue weighted by atomic mass is 32.2. The van der Waals surface area contributed by atoms with Crippen LogP contribution >= 0.6 is 35.7 Å². The van der Waals surface area contributed by atoms with Crippen LogP contribution in [0.4, 0.5) is 5.95 Å². The van der Waals surface area contributed by atoms with E-state index < -0.39 is 0 Å². The van der Waals surface area contributed by atoms with E-state index in [0.717, 1.165) is 13.0 Å². The Morgan fingerprint density at radius 2 is 1.44 bits per heavy atom. The van der Waals surface area contributed by atoms with Crippen LogP contribution in [0.15, 0.2) is 63.4 Å². The van der Waals surface area contributed by atoms with Gasteiger partial charge in [0.1, 0.15) is 10.1 Å². The van der Waals surface area contributed by atoms with Gasteiger partial charge >= 0.3 is 0 Å². The lowest BCUT2D eigenvalue weighted by Crippen LogP contribution is -2.29. The lowest BCUT2D eigenvalue weighted by Gasteiger charge is -2.10. The molecule has 0 bridgehead atoms. The minimum Gasteiger partial charge on any atom is -0.362 e. The fraction of sp³-hybridized carbons (Fsp3) is 0.188. The molecule has 3 aromatic heterocycles. The van der Waals surface area contributed by atoms with Crippen LogP contribution in [0.2, 0.25) is 0 Å². The molecule has 0 aromatic carbocycles. The van der Waals surface area contributed by atoms with Gasteiger partial charge in [0.2, 0.25) is 5.95 Å². The number of anilines is 1. The number of hydrogen-bond donors (Lipinski definition) is 2. The molecule has 0 atom stereocenters. The number of aromatic nitrogens is 6. The van der Waals surface area contributed by atoms with Crippen LogP contribution in [0.1, 0.15) is 13.3 Å². The Hall–Kier alpha value is -2.37. The fourth-order valence-corrected chi connectivity index (χ4v) is 3.51. The van der Waals surface area contributed by atoms with Gasteiger partial charge in [0.25, 0.3) is 0 Å². The number of thiocarbonyl (C=S) groups is 1. The van der Waals surface area contributed by atoms with Gasteiger partial charge in [-0.25, -0.2) is 29.9 Å². The van der Waals surface area contributed by atoms with Crippen LogP contribution in [0.25, 0.3) is 0 Å². The highest BCUT2D eigenvalue weighted by Crippen LogP contribution is 2.29. The second-order valence-corrected chi connectivity index (χ2v) is 7.40. The number of nitrogens with zero attached hydrogens (tertiary/aromatic N) is 6. The first-order chi connectivity index (χ1) is 13.2. The monoisotopic (exact) mass is 416 g/mol. The smallest absolute Gasteiger partial charge is 0.231 e. The average Bonchev–Trinajstić information content (AvgIpc) is 2.68. The highest BCUT2D eigenvalue weighted by Gasteiger charge is 2.11. The molecule has 0 radical (unpaired) electrons. The van der Waals surface area contributed by atoms with Crippen molar-refractivity contribution in [2.45, 2.75) is 33.7 Å². The summed E-state index contributed by atoms with van der Waals surface area (Å²) < 4.78 is 0. The predicted molar refractivity (Wildman–Crippen MR) is 109 cm³/mol. The largest absolute Gasteiger partial charge is 0.362 e. The molecule has 3 rings (SSSR count). The van der Waals surface area contributed by atoms with Crippen LogP contribution in [-0.4, -0.2) is 41.6 Å². The lowest BCUT2D eigenvalue weighted by atomic mass is 10.5. The molecule has 8 nitrogen and oxygen atoms in total. The predicted octanol–water partition coefficient (Wildman–Crippen LogP) is 3.06. The molecule has 0 amide bonds. The molecule has 0 aliphatic heterocycles. The van der Waals surface area contributed by atoms with Crippen molar-refractivity contribution >= 4 is 46.8 Å². The van der Waals surface area contributed by atoms with E-state index in [2.05, 4.69) is 47.5 Å². The summed E-state index contributed by atoms with van der Waals surface area (Å²) in [5.41, 5.74) is 0. The molecule has 27 heavy (non-hydrogen) atoms. The maximum absolute atomic E-state index is 5.28. The summed E-state index contributed by atoms with van der Waals surface area (Å²) in [6.45, 7) is 2.84. The summed E-state index contributed by atoms with van der Waals surface area (Å²) in [5.74, 6) is 0.392.